The van der Waals surface area contributed by atoms with E-state index >= 15 is 0 Å². The summed E-state index contributed by atoms with van der Waals surface area (Å²) in [6.07, 6.45) is 3.09. The zero-order valence-electron chi connectivity index (χ0n) is 12.2. The van der Waals surface area contributed by atoms with E-state index < -0.39 is 11.9 Å². The minimum atomic E-state index is -0.541. The zero-order valence-corrected chi connectivity index (χ0v) is 13.8. The summed E-state index contributed by atoms with van der Waals surface area (Å²) in [6.45, 7) is 2.76. The number of halogens is 1. The van der Waals surface area contributed by atoms with Gasteiger partial charge in [-0.3, -0.25) is 9.59 Å². The van der Waals surface area contributed by atoms with Gasteiger partial charge < -0.3 is 10.6 Å². The topological polar surface area (TPSA) is 63.4 Å². The Morgan fingerprint density at radius 2 is 2.10 bits per heavy atom. The smallest absolute Gasteiger partial charge is 0.240 e. The van der Waals surface area contributed by atoms with Crippen LogP contribution in [-0.2, 0) is 16.0 Å². The van der Waals surface area contributed by atoms with Gasteiger partial charge in [0.15, 0.2) is 0 Å². The summed E-state index contributed by atoms with van der Waals surface area (Å²) >= 11 is 3.39. The molecule has 21 heavy (non-hydrogen) atoms. The van der Waals surface area contributed by atoms with Gasteiger partial charge in [-0.15, -0.1) is 0 Å². The van der Waals surface area contributed by atoms with Crippen LogP contribution in [0.2, 0.25) is 0 Å². The summed E-state index contributed by atoms with van der Waals surface area (Å²) in [5.41, 5.74) is 6.54. The third kappa shape index (κ3) is 4.06. The Labute approximate surface area is 133 Å². The fourth-order valence-electron chi connectivity index (χ4n) is 2.92. The largest absolute Gasteiger partial charge is 0.368 e. The van der Waals surface area contributed by atoms with Crippen LogP contribution in [0.5, 0.6) is 0 Å². The van der Waals surface area contributed by atoms with Crippen LogP contribution in [0.1, 0.15) is 31.7 Å². The monoisotopic (exact) mass is 352 g/mol. The lowest BCUT2D eigenvalue weighted by molar-refractivity contribution is -0.136. The Balaban J connectivity index is 2.10. The lowest BCUT2D eigenvalue weighted by Crippen LogP contribution is -2.47. The number of benzene rings is 1. The fourth-order valence-corrected chi connectivity index (χ4v) is 3.18. The van der Waals surface area contributed by atoms with Crippen molar-refractivity contribution in [3.63, 3.8) is 0 Å². The second-order valence-electron chi connectivity index (χ2n) is 5.65. The third-order valence-corrected chi connectivity index (χ3v) is 4.51. The molecule has 2 unspecified atom stereocenters. The predicted octanol–water partition coefficient (Wildman–Crippen LogP) is 2.49. The van der Waals surface area contributed by atoms with Crippen molar-refractivity contribution >= 4 is 27.7 Å². The Morgan fingerprint density at radius 3 is 2.67 bits per heavy atom. The summed E-state index contributed by atoms with van der Waals surface area (Å²) < 4.78 is 0.988. The first-order valence-corrected chi connectivity index (χ1v) is 8.13. The molecule has 2 N–H and O–H groups in total. The lowest BCUT2D eigenvalue weighted by atomic mass is 10.0. The van der Waals surface area contributed by atoms with Gasteiger partial charge in [-0.05, 0) is 30.0 Å². The van der Waals surface area contributed by atoms with Gasteiger partial charge in [0.05, 0.1) is 0 Å². The van der Waals surface area contributed by atoms with Crippen molar-refractivity contribution in [3.8, 4) is 0 Å². The van der Waals surface area contributed by atoms with E-state index in [2.05, 4.69) is 22.9 Å². The molecule has 0 aliphatic carbocycles. The summed E-state index contributed by atoms with van der Waals surface area (Å²) in [4.78, 5) is 25.6. The van der Waals surface area contributed by atoms with E-state index in [0.717, 1.165) is 22.9 Å². The molecular weight excluding hydrogens is 332 g/mol. The number of nitrogens with two attached hydrogens (primary N) is 1. The highest BCUT2D eigenvalue weighted by Gasteiger charge is 2.36. The molecule has 114 valence electrons. The SMILES string of the molecule is CCCC1CC(=O)N(C(Cc2ccc(Br)cc2)C(N)=O)C1. The molecule has 2 atom stereocenters. The van der Waals surface area contributed by atoms with Crippen LogP contribution < -0.4 is 5.73 Å². The van der Waals surface area contributed by atoms with Gasteiger partial charge in [-0.25, -0.2) is 0 Å². The van der Waals surface area contributed by atoms with E-state index in [-0.39, 0.29) is 5.91 Å². The van der Waals surface area contributed by atoms with Crippen molar-refractivity contribution < 1.29 is 9.59 Å². The van der Waals surface area contributed by atoms with Gasteiger partial charge in [0.1, 0.15) is 6.04 Å². The van der Waals surface area contributed by atoms with E-state index in [1.54, 1.807) is 4.90 Å². The van der Waals surface area contributed by atoms with E-state index in [0.29, 0.717) is 25.3 Å². The molecule has 1 heterocycles. The highest BCUT2D eigenvalue weighted by Crippen LogP contribution is 2.25. The molecule has 1 fully saturated rings. The molecule has 5 heteroatoms. The number of nitrogens with zero attached hydrogens (tertiary/aromatic N) is 1. The van der Waals surface area contributed by atoms with Crippen molar-refractivity contribution in [2.75, 3.05) is 6.54 Å². The van der Waals surface area contributed by atoms with Crippen LogP contribution in [-0.4, -0.2) is 29.3 Å². The van der Waals surface area contributed by atoms with Crippen LogP contribution in [0.3, 0.4) is 0 Å². The van der Waals surface area contributed by atoms with Crippen LogP contribution in [0.15, 0.2) is 28.7 Å². The van der Waals surface area contributed by atoms with Gasteiger partial charge in [-0.2, -0.15) is 0 Å². The number of likely N-dealkylation sites (tertiary alicyclic amines) is 1. The standard InChI is InChI=1S/C16H21BrN2O2/c1-2-3-12-9-15(20)19(10-12)14(16(18)21)8-11-4-6-13(17)7-5-11/h4-7,12,14H,2-3,8-10H2,1H3,(H2,18,21). The number of amides is 2. The maximum absolute atomic E-state index is 12.2. The molecule has 2 amide bonds. The first-order chi connectivity index (χ1) is 10.0. The van der Waals surface area contributed by atoms with E-state index in [4.69, 9.17) is 5.73 Å². The van der Waals surface area contributed by atoms with Crippen molar-refractivity contribution in [1.29, 1.82) is 0 Å². The Kier molecular flexibility index (Phi) is 5.39. The second-order valence-corrected chi connectivity index (χ2v) is 6.57. The lowest BCUT2D eigenvalue weighted by Gasteiger charge is -2.25. The van der Waals surface area contributed by atoms with Crippen LogP contribution in [0, 0.1) is 5.92 Å². The maximum atomic E-state index is 12.2. The first-order valence-electron chi connectivity index (χ1n) is 7.34. The highest BCUT2D eigenvalue weighted by atomic mass is 79.9. The van der Waals surface area contributed by atoms with E-state index in [9.17, 15) is 9.59 Å². The minimum Gasteiger partial charge on any atom is -0.368 e. The van der Waals surface area contributed by atoms with Crippen molar-refractivity contribution in [3.05, 3.63) is 34.3 Å². The summed E-state index contributed by atoms with van der Waals surface area (Å²) in [5.74, 6) is -0.0213. The molecule has 0 aromatic heterocycles. The third-order valence-electron chi connectivity index (χ3n) is 3.98. The summed E-state index contributed by atoms with van der Waals surface area (Å²) in [6, 6.07) is 7.22. The van der Waals surface area contributed by atoms with Crippen LogP contribution >= 0.6 is 15.9 Å². The molecule has 1 aromatic rings. The average Bonchev–Trinajstić information content (AvgIpc) is 2.79. The number of carbonyl (C=O) groups excluding carboxylic acids is 2. The maximum Gasteiger partial charge on any atom is 0.240 e. The number of rotatable bonds is 6. The molecule has 1 aliphatic heterocycles. The summed E-state index contributed by atoms with van der Waals surface area (Å²) in [5, 5.41) is 0. The number of carbonyl (C=O) groups is 2. The molecular formula is C16H21BrN2O2. The molecule has 1 saturated heterocycles. The normalized spacial score (nSPS) is 19.8. The quantitative estimate of drug-likeness (QED) is 0.854. The molecule has 0 bridgehead atoms. The van der Waals surface area contributed by atoms with Crippen LogP contribution in [0.25, 0.3) is 0 Å². The van der Waals surface area contributed by atoms with E-state index in [1.807, 2.05) is 24.3 Å². The van der Waals surface area contributed by atoms with Gasteiger partial charge >= 0.3 is 0 Å². The Morgan fingerprint density at radius 1 is 1.43 bits per heavy atom. The molecule has 0 radical (unpaired) electrons. The molecule has 1 aromatic carbocycles. The highest BCUT2D eigenvalue weighted by molar-refractivity contribution is 9.10. The summed E-state index contributed by atoms with van der Waals surface area (Å²) in [7, 11) is 0. The average molecular weight is 353 g/mol. The van der Waals surface area contributed by atoms with E-state index in [1.165, 1.54) is 0 Å². The Bertz CT molecular complexity index is 516. The van der Waals surface area contributed by atoms with Crippen molar-refractivity contribution in [1.82, 2.24) is 4.90 Å². The predicted molar refractivity (Wildman–Crippen MR) is 85.6 cm³/mol. The molecule has 1 aliphatic rings. The minimum absolute atomic E-state index is 0.0503. The van der Waals surface area contributed by atoms with Gasteiger partial charge in [0.25, 0.3) is 0 Å². The fraction of sp³-hybridized carbons (Fsp3) is 0.500. The number of hydrogen-bond acceptors (Lipinski definition) is 2. The molecule has 0 spiro atoms. The van der Waals surface area contributed by atoms with Gasteiger partial charge in [-0.1, -0.05) is 41.4 Å². The first kappa shape index (κ1) is 16.0. The molecule has 0 saturated carbocycles. The molecule has 2 rings (SSSR count). The van der Waals surface area contributed by atoms with Gasteiger partial charge in [0.2, 0.25) is 11.8 Å². The zero-order chi connectivity index (χ0) is 15.4. The Hall–Kier alpha value is -1.36. The van der Waals surface area contributed by atoms with Crippen molar-refractivity contribution in [2.45, 2.75) is 38.6 Å². The second kappa shape index (κ2) is 7.07. The number of hydrogen-bond donors (Lipinski definition) is 1. The number of primary amides is 1. The van der Waals surface area contributed by atoms with Crippen molar-refractivity contribution in [2.24, 2.45) is 11.7 Å². The van der Waals surface area contributed by atoms with Gasteiger partial charge in [0, 0.05) is 23.9 Å². The van der Waals surface area contributed by atoms with Crippen LogP contribution in [0.4, 0.5) is 0 Å². The molecule has 4 nitrogen and oxygen atoms in total.